The van der Waals surface area contributed by atoms with Gasteiger partial charge < -0.3 is 9.80 Å². The van der Waals surface area contributed by atoms with Gasteiger partial charge in [0, 0.05) is 25.3 Å². The fourth-order valence-electron chi connectivity index (χ4n) is 3.50. The van der Waals surface area contributed by atoms with Gasteiger partial charge in [-0.3, -0.25) is 9.69 Å². The zero-order valence-corrected chi connectivity index (χ0v) is 19.8. The highest BCUT2D eigenvalue weighted by molar-refractivity contribution is 7.22. The Morgan fingerprint density at radius 1 is 1.03 bits per heavy atom. The van der Waals surface area contributed by atoms with Crippen molar-refractivity contribution < 1.29 is 9.69 Å². The predicted octanol–water partition coefficient (Wildman–Crippen LogP) is 3.55. The molecule has 30 heavy (non-hydrogen) atoms. The molecule has 5 nitrogen and oxygen atoms in total. The van der Waals surface area contributed by atoms with Crippen LogP contribution in [0.5, 0.6) is 0 Å². The van der Waals surface area contributed by atoms with Crippen molar-refractivity contribution in [3.63, 3.8) is 0 Å². The van der Waals surface area contributed by atoms with Gasteiger partial charge >= 0.3 is 0 Å². The highest BCUT2D eigenvalue weighted by Gasteiger charge is 2.23. The van der Waals surface area contributed by atoms with E-state index in [0.717, 1.165) is 40.7 Å². The molecule has 0 unspecified atom stereocenters. The number of amides is 1. The van der Waals surface area contributed by atoms with Gasteiger partial charge in [0.1, 0.15) is 0 Å². The zero-order chi connectivity index (χ0) is 21.8. The molecule has 3 aromatic rings. The van der Waals surface area contributed by atoms with Gasteiger partial charge in [0.25, 0.3) is 5.91 Å². The Bertz CT molecular complexity index is 967. The highest BCUT2D eigenvalue weighted by Crippen LogP contribution is 2.31. The van der Waals surface area contributed by atoms with Crippen LogP contribution in [0.3, 0.4) is 0 Å². The maximum absolute atomic E-state index is 13.5. The van der Waals surface area contributed by atoms with Gasteiger partial charge in [0.05, 0.1) is 36.4 Å². The maximum Gasteiger partial charge on any atom is 0.260 e. The normalized spacial score (nSPS) is 11.3. The Labute approximate surface area is 183 Å². The quantitative estimate of drug-likeness (QED) is 0.600. The number of fused-ring (bicyclic) bond motifs is 1. The number of likely N-dealkylation sites (N-methyl/N-ethyl adjacent to an activating group) is 1. The Hall–Kier alpha value is -2.44. The number of nitrogens with one attached hydrogen (secondary N) is 1. The van der Waals surface area contributed by atoms with E-state index in [9.17, 15) is 4.79 Å². The highest BCUT2D eigenvalue weighted by atomic mass is 32.1. The second-order valence-electron chi connectivity index (χ2n) is 8.01. The molecule has 3 rings (SSSR count). The maximum atomic E-state index is 13.5. The van der Waals surface area contributed by atoms with Crippen molar-refractivity contribution >= 4 is 38.3 Å². The average molecular weight is 426 g/mol. The van der Waals surface area contributed by atoms with Gasteiger partial charge in [-0.2, -0.15) is 0 Å². The van der Waals surface area contributed by atoms with E-state index in [2.05, 4.69) is 39.8 Å². The van der Waals surface area contributed by atoms with E-state index in [1.807, 2.05) is 48.2 Å². The van der Waals surface area contributed by atoms with Crippen LogP contribution >= 0.6 is 11.3 Å². The zero-order valence-electron chi connectivity index (χ0n) is 19.0. The molecule has 0 aliphatic rings. The molecule has 0 saturated carbocycles. The molecule has 2 aromatic carbocycles. The number of rotatable bonds is 8. The summed E-state index contributed by atoms with van der Waals surface area (Å²) in [5, 5.41) is 0.781. The van der Waals surface area contributed by atoms with Gasteiger partial charge in [-0.05, 0) is 75.2 Å². The number of hydrogen-bond acceptors (Lipinski definition) is 4. The third-order valence-corrected chi connectivity index (χ3v) is 6.83. The summed E-state index contributed by atoms with van der Waals surface area (Å²) < 4.78 is 1.13. The number of carbonyl (C=O) groups excluding carboxylic acids is 1. The van der Waals surface area contributed by atoms with E-state index in [1.54, 1.807) is 11.3 Å². The van der Waals surface area contributed by atoms with E-state index in [0.29, 0.717) is 12.1 Å². The fourth-order valence-corrected chi connectivity index (χ4v) is 4.57. The first kappa shape index (κ1) is 22.2. The first-order valence-corrected chi connectivity index (χ1v) is 11.5. The Balaban J connectivity index is 1.96. The van der Waals surface area contributed by atoms with Crippen molar-refractivity contribution in [1.29, 1.82) is 0 Å². The van der Waals surface area contributed by atoms with Crippen molar-refractivity contribution in [3.8, 4) is 0 Å². The van der Waals surface area contributed by atoms with Gasteiger partial charge in [-0.1, -0.05) is 11.3 Å². The molecule has 1 amide bonds. The standard InChI is InChI=1S/C24H32N4OS/c1-7-27(8-2)13-14-28(23(29)19-9-11-20(12-10-19)26(5)6)24-25-21-15-17(3)18(4)16-22(21)30-24/h9-12,15-16H,7-8,13-14H2,1-6H3/p+1. The number of anilines is 2. The minimum absolute atomic E-state index is 0.0133. The molecule has 1 aromatic heterocycles. The van der Waals surface area contributed by atoms with E-state index >= 15 is 0 Å². The number of aryl methyl sites for hydroxylation is 2. The largest absolute Gasteiger partial charge is 0.378 e. The van der Waals surface area contributed by atoms with Crippen molar-refractivity contribution in [2.24, 2.45) is 0 Å². The van der Waals surface area contributed by atoms with Crippen LogP contribution in [0.4, 0.5) is 10.8 Å². The van der Waals surface area contributed by atoms with Crippen LogP contribution in [0.25, 0.3) is 10.2 Å². The summed E-state index contributed by atoms with van der Waals surface area (Å²) in [4.78, 5) is 23.7. The van der Waals surface area contributed by atoms with Crippen LogP contribution in [0.1, 0.15) is 35.3 Å². The second-order valence-corrected chi connectivity index (χ2v) is 9.01. The SMILES string of the molecule is CC[NH+](CC)CCN(C(=O)c1ccc(N(C)C)cc1)c1nc2cc(C)c(C)cc2s1. The molecule has 0 spiro atoms. The van der Waals surface area contributed by atoms with E-state index in [-0.39, 0.29) is 5.91 Å². The third-order valence-electron chi connectivity index (χ3n) is 5.79. The van der Waals surface area contributed by atoms with Gasteiger partial charge in [-0.15, -0.1) is 0 Å². The smallest absolute Gasteiger partial charge is 0.260 e. The fraction of sp³-hybridized carbons (Fsp3) is 0.417. The van der Waals surface area contributed by atoms with Crippen molar-refractivity contribution in [2.75, 3.05) is 50.1 Å². The summed E-state index contributed by atoms with van der Waals surface area (Å²) in [6, 6.07) is 12.1. The lowest BCUT2D eigenvalue weighted by Gasteiger charge is -2.23. The minimum Gasteiger partial charge on any atom is -0.378 e. The van der Waals surface area contributed by atoms with Crippen LogP contribution < -0.4 is 14.7 Å². The molecule has 0 aliphatic carbocycles. The minimum atomic E-state index is 0.0133. The number of quaternary nitrogens is 1. The second kappa shape index (κ2) is 9.58. The Morgan fingerprint density at radius 2 is 1.67 bits per heavy atom. The Morgan fingerprint density at radius 3 is 2.27 bits per heavy atom. The van der Waals surface area contributed by atoms with Crippen LogP contribution in [0.2, 0.25) is 0 Å². The molecule has 0 saturated heterocycles. The summed E-state index contributed by atoms with van der Waals surface area (Å²) >= 11 is 1.60. The van der Waals surface area contributed by atoms with Crippen LogP contribution in [-0.2, 0) is 0 Å². The number of hydrogen-bond donors (Lipinski definition) is 1. The molecule has 0 radical (unpaired) electrons. The van der Waals surface area contributed by atoms with E-state index in [1.165, 1.54) is 16.0 Å². The topological polar surface area (TPSA) is 40.9 Å². The van der Waals surface area contributed by atoms with Crippen LogP contribution in [-0.4, -0.2) is 51.2 Å². The average Bonchev–Trinajstić information content (AvgIpc) is 3.13. The molecule has 0 atom stereocenters. The van der Waals surface area contributed by atoms with Gasteiger partial charge in [0.15, 0.2) is 5.13 Å². The van der Waals surface area contributed by atoms with Crippen molar-refractivity contribution in [3.05, 3.63) is 53.1 Å². The lowest BCUT2D eigenvalue weighted by atomic mass is 10.1. The molecule has 1 N–H and O–H groups in total. The number of nitrogens with zero attached hydrogens (tertiary/aromatic N) is 3. The molecular formula is C24H33N4OS+. The Kier molecular flexibility index (Phi) is 7.10. The van der Waals surface area contributed by atoms with Gasteiger partial charge in [-0.25, -0.2) is 4.98 Å². The summed E-state index contributed by atoms with van der Waals surface area (Å²) in [5.41, 5.74) is 5.22. The van der Waals surface area contributed by atoms with E-state index in [4.69, 9.17) is 4.98 Å². The number of carbonyl (C=O) groups is 1. The lowest BCUT2D eigenvalue weighted by Crippen LogP contribution is -3.12. The monoisotopic (exact) mass is 425 g/mol. The summed E-state index contributed by atoms with van der Waals surface area (Å²) in [6.45, 7) is 12.3. The molecule has 0 fully saturated rings. The lowest BCUT2D eigenvalue weighted by molar-refractivity contribution is -0.894. The summed E-state index contributed by atoms with van der Waals surface area (Å²) in [6.07, 6.45) is 0. The molecule has 160 valence electrons. The summed E-state index contributed by atoms with van der Waals surface area (Å²) in [5.74, 6) is 0.0133. The molecular weight excluding hydrogens is 392 g/mol. The van der Waals surface area contributed by atoms with Gasteiger partial charge in [0.2, 0.25) is 0 Å². The molecule has 1 heterocycles. The van der Waals surface area contributed by atoms with Crippen molar-refractivity contribution in [2.45, 2.75) is 27.7 Å². The number of thiazole rings is 1. The van der Waals surface area contributed by atoms with Crippen LogP contribution in [0, 0.1) is 13.8 Å². The number of benzene rings is 2. The van der Waals surface area contributed by atoms with Crippen molar-refractivity contribution in [1.82, 2.24) is 4.98 Å². The first-order valence-electron chi connectivity index (χ1n) is 10.6. The molecule has 0 bridgehead atoms. The number of aromatic nitrogens is 1. The summed E-state index contributed by atoms with van der Waals surface area (Å²) in [7, 11) is 4.00. The first-order chi connectivity index (χ1) is 14.3. The van der Waals surface area contributed by atoms with Crippen LogP contribution in [0.15, 0.2) is 36.4 Å². The van der Waals surface area contributed by atoms with E-state index < -0.39 is 0 Å². The molecule has 0 aliphatic heterocycles. The third kappa shape index (κ3) is 4.82. The predicted molar refractivity (Wildman–Crippen MR) is 128 cm³/mol. The molecule has 6 heteroatoms.